The summed E-state index contributed by atoms with van der Waals surface area (Å²) in [5, 5.41) is 9.52. The summed E-state index contributed by atoms with van der Waals surface area (Å²) in [4.78, 5) is 17.5. The van der Waals surface area contributed by atoms with Gasteiger partial charge in [0, 0.05) is 37.7 Å². The van der Waals surface area contributed by atoms with Crippen LogP contribution in [0.2, 0.25) is 0 Å². The van der Waals surface area contributed by atoms with Gasteiger partial charge in [0.25, 0.3) is 0 Å². The number of halogens is 3. The molecule has 0 bridgehead atoms. The van der Waals surface area contributed by atoms with Gasteiger partial charge in [-0.1, -0.05) is 18.2 Å². The van der Waals surface area contributed by atoms with Crippen molar-refractivity contribution in [3.63, 3.8) is 0 Å². The van der Waals surface area contributed by atoms with Crippen molar-refractivity contribution in [1.82, 2.24) is 9.88 Å². The summed E-state index contributed by atoms with van der Waals surface area (Å²) in [6.45, 7) is 1.45. The zero-order chi connectivity index (χ0) is 23.1. The molecule has 1 N–H and O–H groups in total. The average Bonchev–Trinajstić information content (AvgIpc) is 3.15. The van der Waals surface area contributed by atoms with Gasteiger partial charge in [0.15, 0.2) is 0 Å². The van der Waals surface area contributed by atoms with Crippen molar-refractivity contribution in [2.45, 2.75) is 13.0 Å². The van der Waals surface area contributed by atoms with Gasteiger partial charge < -0.3 is 5.11 Å². The van der Waals surface area contributed by atoms with Gasteiger partial charge in [0.05, 0.1) is 16.1 Å². The van der Waals surface area contributed by atoms with Gasteiger partial charge in [0.2, 0.25) is 0 Å². The lowest BCUT2D eigenvalue weighted by molar-refractivity contribution is -0.147. The van der Waals surface area contributed by atoms with Gasteiger partial charge in [-0.2, -0.15) is 0 Å². The van der Waals surface area contributed by atoms with Crippen LogP contribution in [0.1, 0.15) is 16.7 Å². The predicted molar refractivity (Wildman–Crippen MR) is 121 cm³/mol. The zero-order valence-corrected chi connectivity index (χ0v) is 18.2. The number of carboxylic acids is 1. The molecule has 3 aromatic carbocycles. The fourth-order valence-corrected chi connectivity index (χ4v) is 5.00. The molecule has 4 aromatic rings. The first kappa shape index (κ1) is 21.6. The van der Waals surface area contributed by atoms with E-state index in [4.69, 9.17) is 5.11 Å². The van der Waals surface area contributed by atoms with Gasteiger partial charge >= 0.3 is 5.97 Å². The standard InChI is InChI=1S/C25H19F3N2O2S/c26-18-4-3-16(20(27)10-18)7-14-2-6-23-22(9-14)29-24(33-23)19-5-1-15(8-21(19)28)11-30-12-17(13-30)25(31)32/h1-6,8-10,17H,7,11-13H2,(H,31,32). The summed E-state index contributed by atoms with van der Waals surface area (Å²) in [5.41, 5.74) is 3.10. The largest absolute Gasteiger partial charge is 0.481 e. The molecule has 0 atom stereocenters. The molecule has 0 unspecified atom stereocenters. The normalized spacial score (nSPS) is 14.5. The SMILES string of the molecule is O=C(O)C1CN(Cc2ccc(-c3nc4cc(Cc5ccc(F)cc5F)ccc4s3)c(F)c2)C1. The fraction of sp³-hybridized carbons (Fsp3) is 0.200. The van der Waals surface area contributed by atoms with Crippen molar-refractivity contribution in [3.05, 3.63) is 88.7 Å². The van der Waals surface area contributed by atoms with E-state index >= 15 is 0 Å². The highest BCUT2D eigenvalue weighted by Gasteiger charge is 2.32. The third kappa shape index (κ3) is 4.49. The molecule has 1 aliphatic heterocycles. The Kier molecular flexibility index (Phi) is 5.64. The Hall–Kier alpha value is -3.23. The van der Waals surface area contributed by atoms with Gasteiger partial charge in [-0.05, 0) is 47.0 Å². The Morgan fingerprint density at radius 1 is 1.00 bits per heavy atom. The Labute approximate surface area is 191 Å². The molecule has 1 fully saturated rings. The van der Waals surface area contributed by atoms with Crippen molar-refractivity contribution in [2.75, 3.05) is 13.1 Å². The van der Waals surface area contributed by atoms with Crippen molar-refractivity contribution < 1.29 is 23.1 Å². The third-order valence-corrected chi connectivity index (χ3v) is 6.91. The number of carbonyl (C=O) groups is 1. The molecule has 0 amide bonds. The monoisotopic (exact) mass is 468 g/mol. The van der Waals surface area contributed by atoms with Gasteiger partial charge in [-0.3, -0.25) is 9.69 Å². The molecule has 0 saturated carbocycles. The topological polar surface area (TPSA) is 53.4 Å². The number of hydrogen-bond donors (Lipinski definition) is 1. The minimum absolute atomic E-state index is 0.303. The highest BCUT2D eigenvalue weighted by atomic mass is 32.1. The lowest BCUT2D eigenvalue weighted by Crippen LogP contribution is -2.49. The quantitative estimate of drug-likeness (QED) is 0.407. The van der Waals surface area contributed by atoms with Crippen LogP contribution in [-0.2, 0) is 17.8 Å². The van der Waals surface area contributed by atoms with Crippen LogP contribution in [0, 0.1) is 23.4 Å². The van der Waals surface area contributed by atoms with Crippen LogP contribution in [0.3, 0.4) is 0 Å². The number of fused-ring (bicyclic) bond motifs is 1. The van der Waals surface area contributed by atoms with E-state index in [1.165, 1.54) is 29.5 Å². The van der Waals surface area contributed by atoms with E-state index in [0.29, 0.717) is 47.7 Å². The maximum atomic E-state index is 14.9. The summed E-state index contributed by atoms with van der Waals surface area (Å²) >= 11 is 1.37. The minimum atomic E-state index is -0.797. The van der Waals surface area contributed by atoms with E-state index in [2.05, 4.69) is 4.98 Å². The van der Waals surface area contributed by atoms with E-state index in [-0.39, 0.29) is 11.7 Å². The second kappa shape index (κ2) is 8.61. The summed E-state index contributed by atoms with van der Waals surface area (Å²) < 4.78 is 42.9. The molecule has 0 aliphatic carbocycles. The van der Waals surface area contributed by atoms with Crippen molar-refractivity contribution in [2.24, 2.45) is 5.92 Å². The maximum Gasteiger partial charge on any atom is 0.309 e. The van der Waals surface area contributed by atoms with Gasteiger partial charge in [-0.15, -0.1) is 11.3 Å². The van der Waals surface area contributed by atoms with Gasteiger partial charge in [0.1, 0.15) is 22.5 Å². The molecular formula is C25H19F3N2O2S. The molecule has 1 aromatic heterocycles. The molecule has 1 saturated heterocycles. The first-order valence-electron chi connectivity index (χ1n) is 10.4. The van der Waals surface area contributed by atoms with Crippen LogP contribution >= 0.6 is 11.3 Å². The number of aliphatic carboxylic acids is 1. The van der Waals surface area contributed by atoms with E-state index in [9.17, 15) is 18.0 Å². The third-order valence-electron chi connectivity index (χ3n) is 5.84. The number of thiazole rings is 1. The molecule has 1 aliphatic rings. The number of likely N-dealkylation sites (tertiary alicyclic amines) is 1. The molecule has 33 heavy (non-hydrogen) atoms. The molecule has 168 valence electrons. The van der Waals surface area contributed by atoms with E-state index < -0.39 is 17.6 Å². The molecule has 0 spiro atoms. The van der Waals surface area contributed by atoms with Crippen LogP contribution < -0.4 is 0 Å². The number of rotatable bonds is 6. The van der Waals surface area contributed by atoms with Crippen LogP contribution in [0.4, 0.5) is 13.2 Å². The van der Waals surface area contributed by atoms with Crippen molar-refractivity contribution in [3.8, 4) is 10.6 Å². The average molecular weight is 469 g/mol. The smallest absolute Gasteiger partial charge is 0.309 e. The summed E-state index contributed by atoms with van der Waals surface area (Å²) in [5.74, 6) is -2.72. The van der Waals surface area contributed by atoms with E-state index in [1.807, 2.05) is 29.2 Å². The Morgan fingerprint density at radius 3 is 2.52 bits per heavy atom. The molecule has 5 rings (SSSR count). The summed E-state index contributed by atoms with van der Waals surface area (Å²) in [6, 6.07) is 14.1. The number of nitrogens with zero attached hydrogens (tertiary/aromatic N) is 2. The molecule has 8 heteroatoms. The first-order valence-corrected chi connectivity index (χ1v) is 11.2. The Bertz CT molecular complexity index is 1370. The van der Waals surface area contributed by atoms with Crippen LogP contribution in [0.25, 0.3) is 20.8 Å². The van der Waals surface area contributed by atoms with E-state index in [1.54, 1.807) is 6.07 Å². The highest BCUT2D eigenvalue weighted by Crippen LogP contribution is 2.33. The van der Waals surface area contributed by atoms with E-state index in [0.717, 1.165) is 21.9 Å². The second-order valence-electron chi connectivity index (χ2n) is 8.28. The molecule has 4 nitrogen and oxygen atoms in total. The molecular weight excluding hydrogens is 449 g/mol. The summed E-state index contributed by atoms with van der Waals surface area (Å²) in [7, 11) is 0. The van der Waals surface area contributed by atoms with Crippen LogP contribution in [-0.4, -0.2) is 34.0 Å². The number of aromatic nitrogens is 1. The lowest BCUT2D eigenvalue weighted by Gasteiger charge is -2.36. The lowest BCUT2D eigenvalue weighted by atomic mass is 9.99. The zero-order valence-electron chi connectivity index (χ0n) is 17.4. The van der Waals surface area contributed by atoms with Gasteiger partial charge in [-0.25, -0.2) is 18.2 Å². The Morgan fingerprint density at radius 2 is 1.79 bits per heavy atom. The first-order chi connectivity index (χ1) is 15.9. The predicted octanol–water partition coefficient (Wildman–Crippen LogP) is 5.49. The molecule has 2 heterocycles. The molecule has 0 radical (unpaired) electrons. The minimum Gasteiger partial charge on any atom is -0.481 e. The highest BCUT2D eigenvalue weighted by molar-refractivity contribution is 7.21. The van der Waals surface area contributed by atoms with Crippen molar-refractivity contribution >= 4 is 27.5 Å². The van der Waals surface area contributed by atoms with Crippen molar-refractivity contribution in [1.29, 1.82) is 0 Å². The van der Waals surface area contributed by atoms with Crippen LogP contribution in [0.5, 0.6) is 0 Å². The number of hydrogen-bond acceptors (Lipinski definition) is 4. The number of benzene rings is 3. The fourth-order valence-electron chi connectivity index (χ4n) is 4.03. The van der Waals surface area contributed by atoms with Crippen LogP contribution in [0.15, 0.2) is 54.6 Å². The second-order valence-corrected chi connectivity index (χ2v) is 9.31. The maximum absolute atomic E-state index is 14.9. The Balaban J connectivity index is 1.34. The summed E-state index contributed by atoms with van der Waals surface area (Å²) in [6.07, 6.45) is 0.303. The number of carboxylic acid groups (broad SMARTS) is 1.